The monoisotopic (exact) mass is 506 g/mol. The minimum Gasteiger partial charge on any atom is -0.497 e. The van der Waals surface area contributed by atoms with Crippen LogP contribution in [0.3, 0.4) is 0 Å². The Bertz CT molecular complexity index is 1170. The lowest BCUT2D eigenvalue weighted by Crippen LogP contribution is -2.42. The van der Waals surface area contributed by atoms with Crippen molar-refractivity contribution in [3.05, 3.63) is 65.9 Å². The maximum atomic E-state index is 11.6. The summed E-state index contributed by atoms with van der Waals surface area (Å²) in [7, 11) is 3.30. The molecule has 2 heterocycles. The van der Waals surface area contributed by atoms with Gasteiger partial charge in [-0.25, -0.2) is 0 Å². The molecule has 198 valence electrons. The van der Waals surface area contributed by atoms with Gasteiger partial charge in [0.25, 0.3) is 0 Å². The minimum absolute atomic E-state index is 0.0914. The zero-order chi connectivity index (χ0) is 26.2. The van der Waals surface area contributed by atoms with Crippen LogP contribution in [0.1, 0.15) is 49.3 Å². The van der Waals surface area contributed by atoms with E-state index >= 15 is 0 Å². The van der Waals surface area contributed by atoms with Crippen molar-refractivity contribution in [2.24, 2.45) is 11.8 Å². The largest absolute Gasteiger partial charge is 0.497 e. The molecule has 0 amide bonds. The number of aryl methyl sites for hydroxylation is 1. The van der Waals surface area contributed by atoms with Crippen LogP contribution in [0.2, 0.25) is 0 Å². The van der Waals surface area contributed by atoms with E-state index in [2.05, 4.69) is 22.0 Å². The number of ether oxygens (including phenoxy) is 2. The highest BCUT2D eigenvalue weighted by molar-refractivity contribution is 5.83. The number of aliphatic hydroxyl groups excluding tert-OH is 1. The van der Waals surface area contributed by atoms with E-state index in [0.717, 1.165) is 73.3 Å². The molecule has 37 heavy (non-hydrogen) atoms. The second-order valence-corrected chi connectivity index (χ2v) is 10.0. The standard InChI is InChI=1S/C30H38N2O5/c1-36-24-8-5-21(6-9-24)4-3-16-32-17-14-22(23(20-32)18-30(34)35)7-12-29(33)26-13-15-31-28-11-10-25(37-2)19-27(26)28/h5-6,8-11,13,15,19,22-23,29,33H,3-4,7,12,14,16-18,20H2,1-2H3,(H,34,35)/t22-,23+,29?/m1/s1. The first kappa shape index (κ1) is 26.9. The predicted molar refractivity (Wildman–Crippen MR) is 144 cm³/mol. The van der Waals surface area contributed by atoms with Gasteiger partial charge in [-0.2, -0.15) is 0 Å². The van der Waals surface area contributed by atoms with Gasteiger partial charge in [0.1, 0.15) is 11.5 Å². The van der Waals surface area contributed by atoms with E-state index < -0.39 is 12.1 Å². The number of likely N-dealkylation sites (tertiary alicyclic amines) is 1. The molecule has 3 atom stereocenters. The molecule has 0 saturated carbocycles. The fourth-order valence-electron chi connectivity index (χ4n) is 5.59. The molecule has 1 aliphatic heterocycles. The minimum atomic E-state index is -0.747. The Morgan fingerprint density at radius 1 is 1.08 bits per heavy atom. The summed E-state index contributed by atoms with van der Waals surface area (Å²) < 4.78 is 10.6. The summed E-state index contributed by atoms with van der Waals surface area (Å²) in [5, 5.41) is 21.5. The van der Waals surface area contributed by atoms with Gasteiger partial charge in [-0.15, -0.1) is 0 Å². The SMILES string of the molecule is COc1ccc(CCCN2CC[C@@H](CCC(O)c3ccnc4ccc(OC)cc34)[C@@H](CC(=O)O)C2)cc1. The van der Waals surface area contributed by atoms with Crippen molar-refractivity contribution < 1.29 is 24.5 Å². The van der Waals surface area contributed by atoms with Gasteiger partial charge in [-0.3, -0.25) is 9.78 Å². The number of rotatable bonds is 12. The molecule has 1 aromatic heterocycles. The highest BCUT2D eigenvalue weighted by Crippen LogP contribution is 2.35. The van der Waals surface area contributed by atoms with Crippen molar-refractivity contribution in [2.75, 3.05) is 33.9 Å². The average molecular weight is 507 g/mol. The summed E-state index contributed by atoms with van der Waals surface area (Å²) in [4.78, 5) is 18.5. The van der Waals surface area contributed by atoms with Crippen LogP contribution >= 0.6 is 0 Å². The fourth-order valence-corrected chi connectivity index (χ4v) is 5.59. The van der Waals surface area contributed by atoms with E-state index in [1.807, 2.05) is 36.4 Å². The van der Waals surface area contributed by atoms with E-state index in [9.17, 15) is 15.0 Å². The first-order chi connectivity index (χ1) is 18.0. The van der Waals surface area contributed by atoms with Crippen molar-refractivity contribution in [1.29, 1.82) is 0 Å². The number of hydrogen-bond acceptors (Lipinski definition) is 6. The molecule has 1 fully saturated rings. The van der Waals surface area contributed by atoms with Gasteiger partial charge in [0, 0.05) is 24.5 Å². The molecule has 1 saturated heterocycles. The van der Waals surface area contributed by atoms with Gasteiger partial charge < -0.3 is 24.6 Å². The number of aliphatic hydroxyl groups is 1. The van der Waals surface area contributed by atoms with Crippen LogP contribution in [0.15, 0.2) is 54.7 Å². The first-order valence-electron chi connectivity index (χ1n) is 13.1. The number of fused-ring (bicyclic) bond motifs is 1. The molecule has 4 rings (SSSR count). The molecular weight excluding hydrogens is 468 g/mol. The lowest BCUT2D eigenvalue weighted by Gasteiger charge is -2.38. The summed E-state index contributed by atoms with van der Waals surface area (Å²) in [5.41, 5.74) is 2.95. The lowest BCUT2D eigenvalue weighted by molar-refractivity contribution is -0.139. The number of aliphatic carboxylic acids is 1. The number of benzene rings is 2. The van der Waals surface area contributed by atoms with E-state index in [-0.39, 0.29) is 18.3 Å². The van der Waals surface area contributed by atoms with Crippen molar-refractivity contribution in [3.63, 3.8) is 0 Å². The topological polar surface area (TPSA) is 92.1 Å². The van der Waals surface area contributed by atoms with Gasteiger partial charge in [-0.05, 0) is 105 Å². The quantitative estimate of drug-likeness (QED) is 0.353. The Kier molecular flexibility index (Phi) is 9.36. The number of methoxy groups -OCH3 is 2. The molecule has 0 aliphatic carbocycles. The highest BCUT2D eigenvalue weighted by atomic mass is 16.5. The average Bonchev–Trinajstić information content (AvgIpc) is 2.91. The summed E-state index contributed by atoms with van der Waals surface area (Å²) in [6.45, 7) is 2.72. The first-order valence-corrected chi connectivity index (χ1v) is 13.1. The molecule has 0 spiro atoms. The van der Waals surface area contributed by atoms with Gasteiger partial charge in [0.15, 0.2) is 0 Å². The lowest BCUT2D eigenvalue weighted by atomic mass is 9.79. The number of aromatic nitrogens is 1. The number of hydrogen-bond donors (Lipinski definition) is 2. The Morgan fingerprint density at radius 2 is 1.84 bits per heavy atom. The molecular formula is C30H38N2O5. The highest BCUT2D eigenvalue weighted by Gasteiger charge is 2.31. The maximum Gasteiger partial charge on any atom is 0.303 e. The Labute approximate surface area is 219 Å². The van der Waals surface area contributed by atoms with Crippen molar-refractivity contribution >= 4 is 16.9 Å². The molecule has 0 radical (unpaired) electrons. The maximum absolute atomic E-state index is 11.6. The van der Waals surface area contributed by atoms with Gasteiger partial charge >= 0.3 is 5.97 Å². The number of carboxylic acid groups (broad SMARTS) is 1. The zero-order valence-corrected chi connectivity index (χ0v) is 21.8. The van der Waals surface area contributed by atoms with Crippen LogP contribution in [-0.2, 0) is 11.2 Å². The van der Waals surface area contributed by atoms with Crippen LogP contribution < -0.4 is 9.47 Å². The van der Waals surface area contributed by atoms with Gasteiger partial charge in [-0.1, -0.05) is 12.1 Å². The van der Waals surface area contributed by atoms with Crippen molar-refractivity contribution in [3.8, 4) is 11.5 Å². The molecule has 3 aromatic rings. The second-order valence-electron chi connectivity index (χ2n) is 10.0. The third-order valence-electron chi connectivity index (χ3n) is 7.66. The number of nitrogens with zero attached hydrogens (tertiary/aromatic N) is 2. The Balaban J connectivity index is 1.33. The molecule has 1 unspecified atom stereocenters. The molecule has 2 aromatic carbocycles. The van der Waals surface area contributed by atoms with Crippen LogP contribution in [0.5, 0.6) is 11.5 Å². The Hall–Kier alpha value is -3.16. The summed E-state index contributed by atoms with van der Waals surface area (Å²) in [6, 6.07) is 15.7. The van der Waals surface area contributed by atoms with E-state index in [1.54, 1.807) is 20.4 Å². The van der Waals surface area contributed by atoms with Crippen LogP contribution in [0, 0.1) is 11.8 Å². The van der Waals surface area contributed by atoms with Crippen LogP contribution in [0.25, 0.3) is 10.9 Å². The third-order valence-corrected chi connectivity index (χ3v) is 7.66. The van der Waals surface area contributed by atoms with Gasteiger partial charge in [0.2, 0.25) is 0 Å². The molecule has 0 bridgehead atoms. The second kappa shape index (κ2) is 12.9. The zero-order valence-electron chi connectivity index (χ0n) is 21.8. The van der Waals surface area contributed by atoms with E-state index in [4.69, 9.17) is 9.47 Å². The molecule has 7 nitrogen and oxygen atoms in total. The molecule has 2 N–H and O–H groups in total. The summed E-state index contributed by atoms with van der Waals surface area (Å²) in [6.07, 6.45) is 5.64. The van der Waals surface area contributed by atoms with E-state index in [0.29, 0.717) is 6.42 Å². The Morgan fingerprint density at radius 3 is 2.57 bits per heavy atom. The predicted octanol–water partition coefficient (Wildman–Crippen LogP) is 5.11. The van der Waals surface area contributed by atoms with Crippen LogP contribution in [-0.4, -0.2) is 59.9 Å². The number of carbonyl (C=O) groups is 1. The number of pyridine rings is 1. The van der Waals surface area contributed by atoms with Crippen LogP contribution in [0.4, 0.5) is 0 Å². The summed E-state index contributed by atoms with van der Waals surface area (Å²) in [5.74, 6) is 1.22. The van der Waals surface area contributed by atoms with Crippen molar-refractivity contribution in [1.82, 2.24) is 9.88 Å². The van der Waals surface area contributed by atoms with E-state index in [1.165, 1.54) is 5.56 Å². The third kappa shape index (κ3) is 7.21. The number of carboxylic acids is 1. The molecule has 1 aliphatic rings. The van der Waals surface area contributed by atoms with Gasteiger partial charge in [0.05, 0.1) is 25.8 Å². The smallest absolute Gasteiger partial charge is 0.303 e. The van der Waals surface area contributed by atoms with Crippen molar-refractivity contribution in [2.45, 2.75) is 44.6 Å². The summed E-state index contributed by atoms with van der Waals surface area (Å²) >= 11 is 0. The molecule has 7 heteroatoms. The fraction of sp³-hybridized carbons (Fsp3) is 0.467. The number of piperidine rings is 1. The normalized spacial score (nSPS) is 19.0.